The number of hydrogen-bond acceptors (Lipinski definition) is 4. The molecule has 1 rings (SSSR count). The van der Waals surface area contributed by atoms with Gasteiger partial charge in [0.25, 0.3) is 0 Å². The minimum Gasteiger partial charge on any atom is -0.497 e. The summed E-state index contributed by atoms with van der Waals surface area (Å²) in [5, 5.41) is 0. The zero-order chi connectivity index (χ0) is 14.3. The third-order valence-electron chi connectivity index (χ3n) is 2.94. The molecule has 0 aliphatic heterocycles. The first-order valence-electron chi connectivity index (χ1n) is 6.55. The maximum absolute atomic E-state index is 11.4. The summed E-state index contributed by atoms with van der Waals surface area (Å²) in [4.78, 5) is 11.4. The molecule has 0 N–H and O–H groups in total. The second-order valence-corrected chi connectivity index (χ2v) is 4.14. The van der Waals surface area contributed by atoms with Crippen LogP contribution in [0, 0.1) is 0 Å². The van der Waals surface area contributed by atoms with E-state index in [1.807, 2.05) is 12.1 Å². The van der Waals surface area contributed by atoms with Gasteiger partial charge >= 0.3 is 5.97 Å². The molecule has 0 atom stereocenters. The maximum atomic E-state index is 11.4. The van der Waals surface area contributed by atoms with Crippen LogP contribution in [0.2, 0.25) is 0 Å². The first kappa shape index (κ1) is 15.3. The van der Waals surface area contributed by atoms with E-state index in [0.29, 0.717) is 19.4 Å². The Labute approximate surface area is 114 Å². The molecule has 1 aromatic rings. The standard InChI is InChI=1S/C15H22O4/c1-5-11-9-13(17-3)10-12(15(11)18-4)7-8-14(16)19-6-2/h9-10H,5-8H2,1-4H3. The molecular formula is C15H22O4. The zero-order valence-electron chi connectivity index (χ0n) is 12.1. The molecule has 0 saturated heterocycles. The zero-order valence-corrected chi connectivity index (χ0v) is 12.1. The number of benzene rings is 1. The Hall–Kier alpha value is -1.71. The van der Waals surface area contributed by atoms with Crippen LogP contribution >= 0.6 is 0 Å². The van der Waals surface area contributed by atoms with Crippen LogP contribution in [0.1, 0.15) is 31.4 Å². The monoisotopic (exact) mass is 266 g/mol. The van der Waals surface area contributed by atoms with Crippen LogP contribution in [0.3, 0.4) is 0 Å². The van der Waals surface area contributed by atoms with Gasteiger partial charge in [0.05, 0.1) is 20.8 Å². The van der Waals surface area contributed by atoms with Crippen LogP contribution in [0.15, 0.2) is 12.1 Å². The van der Waals surface area contributed by atoms with Crippen molar-refractivity contribution in [2.24, 2.45) is 0 Å². The van der Waals surface area contributed by atoms with Gasteiger partial charge in [-0.3, -0.25) is 4.79 Å². The van der Waals surface area contributed by atoms with Crippen LogP contribution in [-0.2, 0) is 22.4 Å². The number of carbonyl (C=O) groups is 1. The molecule has 106 valence electrons. The van der Waals surface area contributed by atoms with E-state index in [0.717, 1.165) is 29.0 Å². The summed E-state index contributed by atoms with van der Waals surface area (Å²) in [6, 6.07) is 3.88. The Balaban J connectivity index is 2.93. The Morgan fingerprint density at radius 1 is 1.11 bits per heavy atom. The highest BCUT2D eigenvalue weighted by Crippen LogP contribution is 2.30. The van der Waals surface area contributed by atoms with E-state index in [1.54, 1.807) is 21.1 Å². The van der Waals surface area contributed by atoms with Crippen molar-refractivity contribution in [2.75, 3.05) is 20.8 Å². The molecule has 0 heterocycles. The molecule has 19 heavy (non-hydrogen) atoms. The topological polar surface area (TPSA) is 44.8 Å². The Kier molecular flexibility index (Phi) is 6.19. The van der Waals surface area contributed by atoms with Crippen molar-refractivity contribution in [2.45, 2.75) is 33.1 Å². The van der Waals surface area contributed by atoms with Crippen molar-refractivity contribution in [3.63, 3.8) is 0 Å². The maximum Gasteiger partial charge on any atom is 0.306 e. The quantitative estimate of drug-likeness (QED) is 0.712. The van der Waals surface area contributed by atoms with E-state index < -0.39 is 0 Å². The SMILES string of the molecule is CCOC(=O)CCc1cc(OC)cc(CC)c1OC. The fraction of sp³-hybridized carbons (Fsp3) is 0.533. The third kappa shape index (κ3) is 4.16. The number of esters is 1. The number of rotatable bonds is 7. The van der Waals surface area contributed by atoms with Crippen LogP contribution in [0.4, 0.5) is 0 Å². The fourth-order valence-electron chi connectivity index (χ4n) is 2.02. The average molecular weight is 266 g/mol. The molecule has 0 aliphatic carbocycles. The molecule has 4 heteroatoms. The molecule has 0 aliphatic rings. The second-order valence-electron chi connectivity index (χ2n) is 4.14. The number of hydrogen-bond donors (Lipinski definition) is 0. The van der Waals surface area contributed by atoms with Gasteiger partial charge in [0.2, 0.25) is 0 Å². The average Bonchev–Trinajstić information content (AvgIpc) is 2.44. The Bertz CT molecular complexity index is 426. The summed E-state index contributed by atoms with van der Waals surface area (Å²) in [5.41, 5.74) is 2.06. The van der Waals surface area contributed by atoms with E-state index in [2.05, 4.69) is 6.92 Å². The van der Waals surface area contributed by atoms with Crippen molar-refractivity contribution in [1.29, 1.82) is 0 Å². The van der Waals surface area contributed by atoms with Gasteiger partial charge in [0.15, 0.2) is 0 Å². The first-order chi connectivity index (χ1) is 9.15. The van der Waals surface area contributed by atoms with Gasteiger partial charge in [-0.25, -0.2) is 0 Å². The lowest BCUT2D eigenvalue weighted by Gasteiger charge is -2.14. The molecule has 0 aromatic heterocycles. The van der Waals surface area contributed by atoms with Crippen molar-refractivity contribution in [3.8, 4) is 11.5 Å². The highest BCUT2D eigenvalue weighted by molar-refractivity contribution is 5.70. The summed E-state index contributed by atoms with van der Waals surface area (Å²) in [6.07, 6.45) is 1.79. The molecule has 0 unspecified atom stereocenters. The third-order valence-corrected chi connectivity index (χ3v) is 2.94. The lowest BCUT2D eigenvalue weighted by molar-refractivity contribution is -0.143. The normalized spacial score (nSPS) is 10.1. The molecule has 0 saturated carbocycles. The fourth-order valence-corrected chi connectivity index (χ4v) is 2.02. The van der Waals surface area contributed by atoms with E-state index in [-0.39, 0.29) is 5.97 Å². The van der Waals surface area contributed by atoms with Gasteiger partial charge in [-0.2, -0.15) is 0 Å². The molecule has 1 aromatic carbocycles. The smallest absolute Gasteiger partial charge is 0.306 e. The van der Waals surface area contributed by atoms with Gasteiger partial charge in [-0.05, 0) is 43.0 Å². The van der Waals surface area contributed by atoms with Gasteiger partial charge in [0.1, 0.15) is 11.5 Å². The lowest BCUT2D eigenvalue weighted by Crippen LogP contribution is -2.06. The van der Waals surface area contributed by atoms with Crippen molar-refractivity contribution < 1.29 is 19.0 Å². The minimum absolute atomic E-state index is 0.189. The Morgan fingerprint density at radius 3 is 2.32 bits per heavy atom. The van der Waals surface area contributed by atoms with E-state index in [4.69, 9.17) is 14.2 Å². The van der Waals surface area contributed by atoms with E-state index in [9.17, 15) is 4.79 Å². The molecule has 0 radical (unpaired) electrons. The van der Waals surface area contributed by atoms with Crippen LogP contribution in [0.25, 0.3) is 0 Å². The molecule has 0 spiro atoms. The number of ether oxygens (including phenoxy) is 3. The summed E-state index contributed by atoms with van der Waals surface area (Å²) < 4.78 is 15.7. The first-order valence-corrected chi connectivity index (χ1v) is 6.55. The number of methoxy groups -OCH3 is 2. The van der Waals surface area contributed by atoms with Crippen LogP contribution in [-0.4, -0.2) is 26.8 Å². The van der Waals surface area contributed by atoms with Gasteiger partial charge in [-0.15, -0.1) is 0 Å². The van der Waals surface area contributed by atoms with Crippen molar-refractivity contribution in [3.05, 3.63) is 23.3 Å². The van der Waals surface area contributed by atoms with E-state index >= 15 is 0 Å². The largest absolute Gasteiger partial charge is 0.497 e. The summed E-state index contributed by atoms with van der Waals surface area (Å²) in [5.74, 6) is 1.44. The predicted octanol–water partition coefficient (Wildman–Crippen LogP) is 2.76. The summed E-state index contributed by atoms with van der Waals surface area (Å²) >= 11 is 0. The van der Waals surface area contributed by atoms with Crippen LogP contribution in [0.5, 0.6) is 11.5 Å². The summed E-state index contributed by atoms with van der Waals surface area (Å²) in [7, 11) is 3.28. The van der Waals surface area contributed by atoms with E-state index in [1.165, 1.54) is 0 Å². The molecular weight excluding hydrogens is 244 g/mol. The lowest BCUT2D eigenvalue weighted by atomic mass is 10.0. The van der Waals surface area contributed by atoms with Crippen molar-refractivity contribution >= 4 is 5.97 Å². The molecule has 0 fully saturated rings. The predicted molar refractivity (Wildman–Crippen MR) is 73.9 cm³/mol. The number of aryl methyl sites for hydroxylation is 2. The van der Waals surface area contributed by atoms with Crippen LogP contribution < -0.4 is 9.47 Å². The summed E-state index contributed by atoms with van der Waals surface area (Å²) in [6.45, 7) is 4.28. The molecule has 0 bridgehead atoms. The van der Waals surface area contributed by atoms with Gasteiger partial charge in [0, 0.05) is 6.42 Å². The molecule has 0 amide bonds. The minimum atomic E-state index is -0.189. The second kappa shape index (κ2) is 7.67. The van der Waals surface area contributed by atoms with Crippen molar-refractivity contribution in [1.82, 2.24) is 0 Å². The Morgan fingerprint density at radius 2 is 1.79 bits per heavy atom. The highest BCUT2D eigenvalue weighted by Gasteiger charge is 2.13. The molecule has 4 nitrogen and oxygen atoms in total. The number of carbonyl (C=O) groups excluding carboxylic acids is 1. The van der Waals surface area contributed by atoms with Gasteiger partial charge < -0.3 is 14.2 Å². The highest BCUT2D eigenvalue weighted by atomic mass is 16.5. The van der Waals surface area contributed by atoms with Gasteiger partial charge in [-0.1, -0.05) is 6.92 Å².